The number of hydrogen-bond acceptors (Lipinski definition) is 3. The van der Waals surface area contributed by atoms with E-state index in [0.29, 0.717) is 5.56 Å². The summed E-state index contributed by atoms with van der Waals surface area (Å²) in [6, 6.07) is 5.66. The van der Waals surface area contributed by atoms with Gasteiger partial charge in [-0.25, -0.2) is 0 Å². The van der Waals surface area contributed by atoms with Gasteiger partial charge in [0.05, 0.1) is 7.11 Å². The highest BCUT2D eigenvalue weighted by Crippen LogP contribution is 2.15. The molecule has 1 N–H and O–H groups in total. The normalized spacial score (nSPS) is 10.0. The van der Waals surface area contributed by atoms with E-state index in [-0.39, 0.29) is 11.6 Å². The second kappa shape index (κ2) is 4.55. The SMILES string of the molecule is COC(=N)c1ccc(OC(F)F)cc1. The fourth-order valence-corrected chi connectivity index (χ4v) is 0.906. The van der Waals surface area contributed by atoms with Gasteiger partial charge in [0.15, 0.2) is 0 Å². The standard InChI is InChI=1S/C9H9F2NO2/c1-13-8(12)6-2-4-7(5-3-6)14-9(10)11/h2-5,9,12H,1H3. The lowest BCUT2D eigenvalue weighted by Gasteiger charge is -2.05. The topological polar surface area (TPSA) is 42.3 Å². The van der Waals surface area contributed by atoms with Crippen molar-refractivity contribution < 1.29 is 18.3 Å². The van der Waals surface area contributed by atoms with Gasteiger partial charge in [0.2, 0.25) is 5.90 Å². The second-order valence-corrected chi connectivity index (χ2v) is 2.44. The summed E-state index contributed by atoms with van der Waals surface area (Å²) in [5.41, 5.74) is 0.508. The Balaban J connectivity index is 2.73. The Morgan fingerprint density at radius 1 is 1.29 bits per heavy atom. The van der Waals surface area contributed by atoms with Crippen LogP contribution < -0.4 is 4.74 Å². The van der Waals surface area contributed by atoms with Crippen LogP contribution in [0.3, 0.4) is 0 Å². The molecule has 0 aliphatic rings. The largest absolute Gasteiger partial charge is 0.481 e. The van der Waals surface area contributed by atoms with E-state index in [1.54, 1.807) is 0 Å². The van der Waals surface area contributed by atoms with Gasteiger partial charge in [-0.3, -0.25) is 5.41 Å². The molecule has 0 aliphatic carbocycles. The molecule has 3 nitrogen and oxygen atoms in total. The summed E-state index contributed by atoms with van der Waals surface area (Å²) in [5.74, 6) is 0.0428. The van der Waals surface area contributed by atoms with Gasteiger partial charge in [-0.2, -0.15) is 8.78 Å². The Hall–Kier alpha value is -1.65. The molecule has 1 rings (SSSR count). The van der Waals surface area contributed by atoms with Crippen LogP contribution in [-0.2, 0) is 4.74 Å². The third kappa shape index (κ3) is 2.69. The molecule has 0 aromatic heterocycles. The predicted molar refractivity (Wildman–Crippen MR) is 46.9 cm³/mol. The summed E-state index contributed by atoms with van der Waals surface area (Å²) in [4.78, 5) is 0. The number of hydrogen-bond donors (Lipinski definition) is 1. The quantitative estimate of drug-likeness (QED) is 0.602. The molecule has 0 bridgehead atoms. The van der Waals surface area contributed by atoms with Gasteiger partial charge in [0.1, 0.15) is 5.75 Å². The molecule has 0 aliphatic heterocycles. The number of rotatable bonds is 3. The molecule has 0 saturated heterocycles. The second-order valence-electron chi connectivity index (χ2n) is 2.44. The van der Waals surface area contributed by atoms with Gasteiger partial charge in [0, 0.05) is 5.56 Å². The molecule has 1 aromatic rings. The Kier molecular flexibility index (Phi) is 3.39. The number of nitrogens with one attached hydrogen (secondary N) is 1. The third-order valence-electron chi connectivity index (χ3n) is 1.55. The van der Waals surface area contributed by atoms with Crippen LogP contribution in [0.2, 0.25) is 0 Å². The van der Waals surface area contributed by atoms with Gasteiger partial charge in [-0.05, 0) is 24.3 Å². The fourth-order valence-electron chi connectivity index (χ4n) is 0.906. The third-order valence-corrected chi connectivity index (χ3v) is 1.55. The zero-order valence-corrected chi connectivity index (χ0v) is 7.46. The molecule has 0 radical (unpaired) electrons. The van der Waals surface area contributed by atoms with E-state index in [0.717, 1.165) is 0 Å². The molecular formula is C9H9F2NO2. The average Bonchev–Trinajstić information content (AvgIpc) is 2.17. The van der Waals surface area contributed by atoms with Gasteiger partial charge >= 0.3 is 6.61 Å². The van der Waals surface area contributed by atoms with Crippen molar-refractivity contribution in [1.29, 1.82) is 5.41 Å². The summed E-state index contributed by atoms with van der Waals surface area (Å²) in [7, 11) is 1.37. The molecule has 1 aromatic carbocycles. The van der Waals surface area contributed by atoms with Crippen LogP contribution in [0.15, 0.2) is 24.3 Å². The minimum atomic E-state index is -2.83. The van der Waals surface area contributed by atoms with Crippen molar-refractivity contribution in [3.8, 4) is 5.75 Å². The van der Waals surface area contributed by atoms with E-state index in [2.05, 4.69) is 9.47 Å². The summed E-state index contributed by atoms with van der Waals surface area (Å²) >= 11 is 0. The first-order chi connectivity index (χ1) is 6.63. The van der Waals surface area contributed by atoms with Crippen molar-refractivity contribution in [2.75, 3.05) is 7.11 Å². The first kappa shape index (κ1) is 10.4. The maximum atomic E-state index is 11.8. The molecular weight excluding hydrogens is 192 g/mol. The summed E-state index contributed by atoms with van der Waals surface area (Å²) in [5, 5.41) is 7.28. The highest BCUT2D eigenvalue weighted by molar-refractivity contribution is 5.91. The lowest BCUT2D eigenvalue weighted by molar-refractivity contribution is -0.0498. The van der Waals surface area contributed by atoms with Gasteiger partial charge in [0.25, 0.3) is 0 Å². The van der Waals surface area contributed by atoms with Crippen molar-refractivity contribution >= 4 is 5.90 Å². The first-order valence-corrected chi connectivity index (χ1v) is 3.81. The fraction of sp³-hybridized carbons (Fsp3) is 0.222. The zero-order valence-electron chi connectivity index (χ0n) is 7.46. The number of alkyl halides is 2. The molecule has 0 saturated carbocycles. The minimum absolute atomic E-state index is 0.0198. The zero-order chi connectivity index (χ0) is 10.6. The maximum absolute atomic E-state index is 11.8. The Morgan fingerprint density at radius 2 is 1.86 bits per heavy atom. The van der Waals surface area contributed by atoms with Crippen LogP contribution in [0, 0.1) is 5.41 Å². The van der Waals surface area contributed by atoms with E-state index in [1.807, 2.05) is 0 Å². The van der Waals surface area contributed by atoms with Crippen LogP contribution in [0.4, 0.5) is 8.78 Å². The van der Waals surface area contributed by atoms with E-state index < -0.39 is 6.61 Å². The van der Waals surface area contributed by atoms with E-state index in [4.69, 9.17) is 5.41 Å². The molecule has 0 spiro atoms. The van der Waals surface area contributed by atoms with Crippen LogP contribution in [0.25, 0.3) is 0 Å². The molecule has 0 heterocycles. The summed E-state index contributed by atoms with van der Waals surface area (Å²) in [6.07, 6.45) is 0. The Labute approximate surface area is 79.8 Å². The van der Waals surface area contributed by atoms with E-state index in [1.165, 1.54) is 31.4 Å². The Bertz CT molecular complexity index is 311. The van der Waals surface area contributed by atoms with Crippen LogP contribution in [0.5, 0.6) is 5.75 Å². The molecule has 0 unspecified atom stereocenters. The van der Waals surface area contributed by atoms with Gasteiger partial charge < -0.3 is 9.47 Å². The molecule has 5 heteroatoms. The van der Waals surface area contributed by atoms with E-state index in [9.17, 15) is 8.78 Å². The first-order valence-electron chi connectivity index (χ1n) is 3.81. The Morgan fingerprint density at radius 3 is 2.29 bits per heavy atom. The predicted octanol–water partition coefficient (Wildman–Crippen LogP) is 2.26. The summed E-state index contributed by atoms with van der Waals surface area (Å²) in [6.45, 7) is -2.83. The highest BCUT2D eigenvalue weighted by atomic mass is 19.3. The lowest BCUT2D eigenvalue weighted by atomic mass is 10.2. The van der Waals surface area contributed by atoms with Crippen molar-refractivity contribution in [3.05, 3.63) is 29.8 Å². The van der Waals surface area contributed by atoms with Crippen LogP contribution in [-0.4, -0.2) is 19.6 Å². The lowest BCUT2D eigenvalue weighted by Crippen LogP contribution is -2.03. The number of benzene rings is 1. The number of ether oxygens (including phenoxy) is 2. The molecule has 0 atom stereocenters. The smallest absolute Gasteiger partial charge is 0.387 e. The van der Waals surface area contributed by atoms with Crippen LogP contribution in [0.1, 0.15) is 5.56 Å². The van der Waals surface area contributed by atoms with Crippen LogP contribution >= 0.6 is 0 Å². The van der Waals surface area contributed by atoms with Crippen molar-refractivity contribution in [2.24, 2.45) is 0 Å². The van der Waals surface area contributed by atoms with Crippen molar-refractivity contribution in [1.82, 2.24) is 0 Å². The monoisotopic (exact) mass is 201 g/mol. The number of methoxy groups -OCH3 is 1. The molecule has 76 valence electrons. The van der Waals surface area contributed by atoms with Crippen molar-refractivity contribution in [3.63, 3.8) is 0 Å². The maximum Gasteiger partial charge on any atom is 0.387 e. The highest BCUT2D eigenvalue weighted by Gasteiger charge is 2.05. The van der Waals surface area contributed by atoms with Gasteiger partial charge in [-0.15, -0.1) is 0 Å². The minimum Gasteiger partial charge on any atom is -0.481 e. The van der Waals surface area contributed by atoms with E-state index >= 15 is 0 Å². The molecule has 14 heavy (non-hydrogen) atoms. The molecule has 0 fully saturated rings. The van der Waals surface area contributed by atoms with Crippen molar-refractivity contribution in [2.45, 2.75) is 6.61 Å². The number of halogens is 2. The molecule has 0 amide bonds. The average molecular weight is 201 g/mol. The summed E-state index contributed by atoms with van der Waals surface area (Å²) < 4.78 is 32.3. The van der Waals surface area contributed by atoms with Gasteiger partial charge in [-0.1, -0.05) is 0 Å².